The minimum absolute atomic E-state index is 0.00911. The Kier molecular flexibility index (Phi) is 8.30. The predicted octanol–water partition coefficient (Wildman–Crippen LogP) is 4.02. The van der Waals surface area contributed by atoms with Crippen molar-refractivity contribution in [1.82, 2.24) is 0 Å². The largest absolute Gasteiger partial charge is 0.462 e. The van der Waals surface area contributed by atoms with E-state index in [1.165, 1.54) is 12.1 Å². The van der Waals surface area contributed by atoms with Gasteiger partial charge in [0, 0.05) is 0 Å². The van der Waals surface area contributed by atoms with Gasteiger partial charge in [-0.25, -0.2) is 4.39 Å². The Morgan fingerprint density at radius 2 is 1.70 bits per heavy atom. The van der Waals surface area contributed by atoms with Crippen LogP contribution in [0.5, 0.6) is 0 Å². The van der Waals surface area contributed by atoms with Gasteiger partial charge >= 0.3 is 11.9 Å². The molecule has 1 atom stereocenters. The lowest BCUT2D eigenvalue weighted by Gasteiger charge is -2.20. The molecule has 0 bridgehead atoms. The molecule has 0 spiro atoms. The van der Waals surface area contributed by atoms with Crippen LogP contribution >= 0.6 is 0 Å². The van der Waals surface area contributed by atoms with Gasteiger partial charge in [-0.05, 0) is 30.0 Å². The minimum Gasteiger partial charge on any atom is -0.462 e. The van der Waals surface area contributed by atoms with E-state index in [2.05, 4.69) is 0 Å². The zero-order chi connectivity index (χ0) is 17.2. The summed E-state index contributed by atoms with van der Waals surface area (Å²) in [6.45, 7) is 6.11. The van der Waals surface area contributed by atoms with E-state index in [9.17, 15) is 14.0 Å². The fourth-order valence-corrected chi connectivity index (χ4v) is 2.06. The maximum Gasteiger partial charge on any atom is 0.306 e. The summed E-state index contributed by atoms with van der Waals surface area (Å²) in [5.74, 6) is -0.933. The van der Waals surface area contributed by atoms with Crippen LogP contribution in [0.15, 0.2) is 24.3 Å². The van der Waals surface area contributed by atoms with E-state index in [4.69, 9.17) is 9.47 Å². The average molecular weight is 324 g/mol. The highest BCUT2D eigenvalue weighted by Crippen LogP contribution is 2.14. The molecule has 1 unspecified atom stereocenters. The Morgan fingerprint density at radius 3 is 2.26 bits per heavy atom. The number of ether oxygens (including phenoxy) is 2. The molecule has 128 valence electrons. The first kappa shape index (κ1) is 19.1. The van der Waals surface area contributed by atoms with E-state index >= 15 is 0 Å². The molecule has 0 radical (unpaired) electrons. The normalized spacial score (nSPS) is 12.0. The van der Waals surface area contributed by atoms with Gasteiger partial charge in [-0.1, -0.05) is 39.3 Å². The summed E-state index contributed by atoms with van der Waals surface area (Å²) in [7, 11) is 0. The number of halogens is 1. The zero-order valence-electron chi connectivity index (χ0n) is 14.0. The van der Waals surface area contributed by atoms with Gasteiger partial charge in [0.05, 0.1) is 12.8 Å². The molecule has 1 rings (SSSR count). The summed E-state index contributed by atoms with van der Waals surface area (Å²) in [6, 6.07) is 5.71. The van der Waals surface area contributed by atoms with E-state index in [0.717, 1.165) is 12.8 Å². The molecule has 0 aliphatic carbocycles. The second-order valence-corrected chi connectivity index (χ2v) is 5.85. The van der Waals surface area contributed by atoms with Crippen LogP contribution in [0, 0.1) is 11.7 Å². The smallest absolute Gasteiger partial charge is 0.306 e. The number of benzene rings is 1. The van der Waals surface area contributed by atoms with E-state index in [1.807, 2.05) is 20.8 Å². The Morgan fingerprint density at radius 1 is 1.09 bits per heavy atom. The highest BCUT2D eigenvalue weighted by Gasteiger charge is 2.18. The highest BCUT2D eigenvalue weighted by atomic mass is 19.1. The third-order valence-electron chi connectivity index (χ3n) is 3.45. The molecule has 0 heterocycles. The van der Waals surface area contributed by atoms with Gasteiger partial charge in [0.2, 0.25) is 0 Å². The summed E-state index contributed by atoms with van der Waals surface area (Å²) < 4.78 is 23.2. The van der Waals surface area contributed by atoms with Crippen molar-refractivity contribution in [3.63, 3.8) is 0 Å². The molecule has 0 aliphatic rings. The maximum atomic E-state index is 12.8. The van der Waals surface area contributed by atoms with Crippen LogP contribution in [0.3, 0.4) is 0 Å². The highest BCUT2D eigenvalue weighted by molar-refractivity contribution is 5.77. The summed E-state index contributed by atoms with van der Waals surface area (Å²) in [5.41, 5.74) is 0.699. The van der Waals surface area contributed by atoms with Crippen LogP contribution in [0.25, 0.3) is 0 Å². The third kappa shape index (κ3) is 7.77. The molecule has 0 saturated carbocycles. The molecule has 23 heavy (non-hydrogen) atoms. The van der Waals surface area contributed by atoms with Crippen molar-refractivity contribution in [2.24, 2.45) is 5.92 Å². The molecule has 0 aromatic heterocycles. The minimum atomic E-state index is -0.470. The molecule has 1 aromatic carbocycles. The van der Waals surface area contributed by atoms with Crippen molar-refractivity contribution in [1.29, 1.82) is 0 Å². The van der Waals surface area contributed by atoms with Crippen molar-refractivity contribution in [2.75, 3.05) is 0 Å². The Hall–Kier alpha value is -1.91. The van der Waals surface area contributed by atoms with E-state index in [-0.39, 0.29) is 43.3 Å². The predicted molar refractivity (Wildman–Crippen MR) is 85.1 cm³/mol. The zero-order valence-corrected chi connectivity index (χ0v) is 14.0. The van der Waals surface area contributed by atoms with Gasteiger partial charge in [0.15, 0.2) is 0 Å². The standard InChI is InChI=1S/C18H25FO4/c1-4-5-16(13(2)3)23-18(21)11-10-17(20)22-12-14-6-8-15(19)9-7-14/h6-9,13,16H,4-5,10-12H2,1-3H3. The molecule has 0 saturated heterocycles. The molecule has 4 nitrogen and oxygen atoms in total. The van der Waals surface area contributed by atoms with Crippen molar-refractivity contribution in [2.45, 2.75) is 59.2 Å². The molecule has 1 aromatic rings. The first-order valence-electron chi connectivity index (χ1n) is 8.02. The summed E-state index contributed by atoms with van der Waals surface area (Å²) >= 11 is 0. The summed E-state index contributed by atoms with van der Waals surface area (Å²) in [5, 5.41) is 0. The molecule has 0 fully saturated rings. The molecular weight excluding hydrogens is 299 g/mol. The van der Waals surface area contributed by atoms with Crippen LogP contribution in [0.4, 0.5) is 4.39 Å². The molecule has 0 amide bonds. The Balaban J connectivity index is 2.29. The first-order valence-corrected chi connectivity index (χ1v) is 8.02. The second kappa shape index (κ2) is 9.98. The van der Waals surface area contributed by atoms with Gasteiger partial charge in [-0.15, -0.1) is 0 Å². The third-order valence-corrected chi connectivity index (χ3v) is 3.45. The molecular formula is C18H25FO4. The number of rotatable bonds is 9. The van der Waals surface area contributed by atoms with Crippen LogP contribution in [-0.4, -0.2) is 18.0 Å². The lowest BCUT2D eigenvalue weighted by atomic mass is 10.0. The maximum absolute atomic E-state index is 12.8. The number of hydrogen-bond donors (Lipinski definition) is 0. The number of esters is 2. The van der Waals surface area contributed by atoms with Gasteiger partial charge in [0.25, 0.3) is 0 Å². The fraction of sp³-hybridized carbons (Fsp3) is 0.556. The first-order chi connectivity index (χ1) is 10.9. The summed E-state index contributed by atoms with van der Waals surface area (Å²) in [4.78, 5) is 23.4. The van der Waals surface area contributed by atoms with E-state index in [0.29, 0.717) is 5.56 Å². The number of carbonyl (C=O) groups excluding carboxylic acids is 2. The van der Waals surface area contributed by atoms with Crippen molar-refractivity contribution in [3.05, 3.63) is 35.6 Å². The second-order valence-electron chi connectivity index (χ2n) is 5.85. The topological polar surface area (TPSA) is 52.6 Å². The Bertz CT molecular complexity index is 496. The summed E-state index contributed by atoms with van der Waals surface area (Å²) in [6.07, 6.45) is 1.64. The monoisotopic (exact) mass is 324 g/mol. The molecule has 0 aliphatic heterocycles. The van der Waals surface area contributed by atoms with Gasteiger partial charge < -0.3 is 9.47 Å². The van der Waals surface area contributed by atoms with Crippen LogP contribution in [0.1, 0.15) is 52.0 Å². The van der Waals surface area contributed by atoms with Crippen LogP contribution in [0.2, 0.25) is 0 Å². The SMILES string of the molecule is CCCC(OC(=O)CCC(=O)OCc1ccc(F)cc1)C(C)C. The fourth-order valence-electron chi connectivity index (χ4n) is 2.06. The number of hydrogen-bond acceptors (Lipinski definition) is 4. The van der Waals surface area contributed by atoms with Crippen LogP contribution < -0.4 is 0 Å². The lowest BCUT2D eigenvalue weighted by molar-refractivity contribution is -0.156. The number of carbonyl (C=O) groups is 2. The molecule has 0 N–H and O–H groups in total. The van der Waals surface area contributed by atoms with Crippen LogP contribution in [-0.2, 0) is 25.7 Å². The van der Waals surface area contributed by atoms with E-state index < -0.39 is 5.97 Å². The lowest BCUT2D eigenvalue weighted by Crippen LogP contribution is -2.24. The van der Waals surface area contributed by atoms with Gasteiger partial charge in [-0.2, -0.15) is 0 Å². The van der Waals surface area contributed by atoms with E-state index in [1.54, 1.807) is 12.1 Å². The van der Waals surface area contributed by atoms with Crippen molar-refractivity contribution >= 4 is 11.9 Å². The van der Waals surface area contributed by atoms with Crippen molar-refractivity contribution in [3.8, 4) is 0 Å². The quantitative estimate of drug-likeness (QED) is 0.644. The van der Waals surface area contributed by atoms with Gasteiger partial charge in [0.1, 0.15) is 18.5 Å². The molecule has 5 heteroatoms. The van der Waals surface area contributed by atoms with Gasteiger partial charge in [-0.3, -0.25) is 9.59 Å². The Labute approximate surface area is 137 Å². The average Bonchev–Trinajstić information content (AvgIpc) is 2.52. The van der Waals surface area contributed by atoms with Crippen molar-refractivity contribution < 1.29 is 23.5 Å².